The molecule has 0 saturated heterocycles. The highest BCUT2D eigenvalue weighted by molar-refractivity contribution is 5.77. The van der Waals surface area contributed by atoms with E-state index in [1.807, 2.05) is 25.2 Å². The van der Waals surface area contributed by atoms with E-state index in [2.05, 4.69) is 23.7 Å². The molecule has 1 aromatic carbocycles. The number of nitrogens with two attached hydrogens (primary N) is 1. The van der Waals surface area contributed by atoms with Crippen molar-refractivity contribution in [3.63, 3.8) is 0 Å². The number of aromatic nitrogens is 1. The lowest BCUT2D eigenvalue weighted by atomic mass is 10.0. The summed E-state index contributed by atoms with van der Waals surface area (Å²) in [4.78, 5) is 15.7. The van der Waals surface area contributed by atoms with Gasteiger partial charge in [-0.3, -0.25) is 4.98 Å². The molecule has 0 saturated carbocycles. The van der Waals surface area contributed by atoms with Crippen LogP contribution in [-0.2, 0) is 0 Å². The summed E-state index contributed by atoms with van der Waals surface area (Å²) in [6.45, 7) is 4.66. The van der Waals surface area contributed by atoms with Crippen LogP contribution in [0.5, 0.6) is 0 Å². The Kier molecular flexibility index (Phi) is 2.71. The molecule has 5 nitrogen and oxygen atoms in total. The maximum absolute atomic E-state index is 11.1. The van der Waals surface area contributed by atoms with Crippen LogP contribution in [0.2, 0.25) is 0 Å². The van der Waals surface area contributed by atoms with Crippen molar-refractivity contribution in [2.75, 3.05) is 18.5 Å². The van der Waals surface area contributed by atoms with Crippen molar-refractivity contribution in [2.24, 2.45) is 5.73 Å². The molecule has 1 aromatic heterocycles. The van der Waals surface area contributed by atoms with Crippen LogP contribution in [0.15, 0.2) is 27.4 Å². The summed E-state index contributed by atoms with van der Waals surface area (Å²) in [5.41, 5.74) is 7.83. The molecule has 5 heteroatoms. The second-order valence-electron chi connectivity index (χ2n) is 4.77. The SMILES string of the molecule is CN(c1ccc2[nH]c(=O)oc2c1)C(C)(C)CN. The summed E-state index contributed by atoms with van der Waals surface area (Å²) in [6, 6.07) is 5.61. The number of nitrogens with zero attached hydrogens (tertiary/aromatic N) is 1. The number of hydrogen-bond donors (Lipinski definition) is 2. The normalized spacial score (nSPS) is 12.0. The first-order chi connectivity index (χ1) is 7.94. The van der Waals surface area contributed by atoms with Crippen LogP contribution in [0.1, 0.15) is 13.8 Å². The van der Waals surface area contributed by atoms with E-state index in [-0.39, 0.29) is 5.54 Å². The van der Waals surface area contributed by atoms with Crippen molar-refractivity contribution in [3.8, 4) is 0 Å². The number of anilines is 1. The maximum atomic E-state index is 11.1. The van der Waals surface area contributed by atoms with Crippen molar-refractivity contribution in [1.29, 1.82) is 0 Å². The molecule has 0 aliphatic rings. The largest absolute Gasteiger partial charge is 0.417 e. The number of likely N-dealkylation sites (N-methyl/N-ethyl adjacent to an activating group) is 1. The highest BCUT2D eigenvalue weighted by Gasteiger charge is 2.22. The quantitative estimate of drug-likeness (QED) is 0.840. The fourth-order valence-corrected chi connectivity index (χ4v) is 1.63. The third kappa shape index (κ3) is 2.06. The molecule has 17 heavy (non-hydrogen) atoms. The Morgan fingerprint density at radius 2 is 2.18 bits per heavy atom. The Bertz CT molecular complexity index is 583. The van der Waals surface area contributed by atoms with Gasteiger partial charge < -0.3 is 15.1 Å². The standard InChI is InChI=1S/C12H17N3O2/c1-12(2,7-13)15(3)8-4-5-9-10(6-8)17-11(16)14-9/h4-6H,7,13H2,1-3H3,(H,14,16). The Morgan fingerprint density at radius 1 is 1.47 bits per heavy atom. The molecule has 0 fully saturated rings. The average Bonchev–Trinajstić information content (AvgIpc) is 2.66. The summed E-state index contributed by atoms with van der Waals surface area (Å²) in [6.07, 6.45) is 0. The first-order valence-corrected chi connectivity index (χ1v) is 5.51. The zero-order valence-corrected chi connectivity index (χ0v) is 10.3. The van der Waals surface area contributed by atoms with E-state index < -0.39 is 5.76 Å². The third-order valence-electron chi connectivity index (χ3n) is 3.20. The van der Waals surface area contributed by atoms with Crippen LogP contribution < -0.4 is 16.4 Å². The minimum absolute atomic E-state index is 0.149. The van der Waals surface area contributed by atoms with Crippen LogP contribution >= 0.6 is 0 Å². The number of fused-ring (bicyclic) bond motifs is 1. The molecule has 0 aliphatic carbocycles. The van der Waals surface area contributed by atoms with Gasteiger partial charge in [0.25, 0.3) is 0 Å². The highest BCUT2D eigenvalue weighted by atomic mass is 16.4. The highest BCUT2D eigenvalue weighted by Crippen LogP contribution is 2.24. The first-order valence-electron chi connectivity index (χ1n) is 5.51. The first kappa shape index (κ1) is 11.7. The molecule has 92 valence electrons. The minimum atomic E-state index is -0.433. The number of aromatic amines is 1. The van der Waals surface area contributed by atoms with Gasteiger partial charge in [0.2, 0.25) is 0 Å². The van der Waals surface area contributed by atoms with Gasteiger partial charge in [-0.05, 0) is 26.0 Å². The monoisotopic (exact) mass is 235 g/mol. The van der Waals surface area contributed by atoms with Gasteiger partial charge in [0.1, 0.15) is 0 Å². The number of benzene rings is 1. The Hall–Kier alpha value is -1.75. The molecule has 0 spiro atoms. The predicted molar refractivity (Wildman–Crippen MR) is 68.4 cm³/mol. The second kappa shape index (κ2) is 3.92. The van der Waals surface area contributed by atoms with Crippen molar-refractivity contribution in [2.45, 2.75) is 19.4 Å². The predicted octanol–water partition coefficient (Wildman–Crippen LogP) is 1.29. The lowest BCUT2D eigenvalue weighted by Crippen LogP contribution is -2.47. The molecular weight excluding hydrogens is 218 g/mol. The molecular formula is C12H17N3O2. The molecule has 0 bridgehead atoms. The van der Waals surface area contributed by atoms with Gasteiger partial charge in [-0.15, -0.1) is 0 Å². The van der Waals surface area contributed by atoms with E-state index in [1.54, 1.807) is 0 Å². The fraction of sp³-hybridized carbons (Fsp3) is 0.417. The van der Waals surface area contributed by atoms with Gasteiger partial charge in [-0.25, -0.2) is 4.79 Å². The molecule has 0 atom stereocenters. The van der Waals surface area contributed by atoms with Gasteiger partial charge in [0.15, 0.2) is 5.58 Å². The smallest absolute Gasteiger partial charge is 0.408 e. The summed E-state index contributed by atoms with van der Waals surface area (Å²) >= 11 is 0. The summed E-state index contributed by atoms with van der Waals surface area (Å²) in [7, 11) is 1.97. The number of nitrogens with one attached hydrogen (secondary N) is 1. The van der Waals surface area contributed by atoms with Crippen molar-refractivity contribution < 1.29 is 4.42 Å². The van der Waals surface area contributed by atoms with E-state index in [0.29, 0.717) is 17.6 Å². The average molecular weight is 235 g/mol. The molecule has 0 unspecified atom stereocenters. The molecule has 1 heterocycles. The van der Waals surface area contributed by atoms with Gasteiger partial charge >= 0.3 is 5.76 Å². The maximum Gasteiger partial charge on any atom is 0.417 e. The molecule has 2 rings (SSSR count). The second-order valence-corrected chi connectivity index (χ2v) is 4.77. The van der Waals surface area contributed by atoms with Gasteiger partial charge in [0.05, 0.1) is 5.52 Å². The Balaban J connectivity index is 2.45. The van der Waals surface area contributed by atoms with E-state index >= 15 is 0 Å². The Morgan fingerprint density at radius 3 is 2.82 bits per heavy atom. The van der Waals surface area contributed by atoms with Crippen LogP contribution in [0.3, 0.4) is 0 Å². The molecule has 0 radical (unpaired) electrons. The topological polar surface area (TPSA) is 75.3 Å². The number of oxazole rings is 1. The van der Waals surface area contributed by atoms with Gasteiger partial charge in [-0.1, -0.05) is 0 Å². The van der Waals surface area contributed by atoms with Gasteiger partial charge in [-0.2, -0.15) is 0 Å². The summed E-state index contributed by atoms with van der Waals surface area (Å²) in [5.74, 6) is -0.433. The lowest BCUT2D eigenvalue weighted by Gasteiger charge is -2.36. The summed E-state index contributed by atoms with van der Waals surface area (Å²) < 4.78 is 5.04. The Labute approximate surface area is 99.2 Å². The van der Waals surface area contributed by atoms with E-state index in [0.717, 1.165) is 5.69 Å². The molecule has 0 amide bonds. The zero-order chi connectivity index (χ0) is 12.6. The zero-order valence-electron chi connectivity index (χ0n) is 10.3. The van der Waals surface area contributed by atoms with E-state index in [4.69, 9.17) is 10.2 Å². The van der Waals surface area contributed by atoms with Crippen LogP contribution in [-0.4, -0.2) is 24.1 Å². The van der Waals surface area contributed by atoms with Crippen LogP contribution in [0.4, 0.5) is 5.69 Å². The van der Waals surface area contributed by atoms with Crippen LogP contribution in [0.25, 0.3) is 11.1 Å². The van der Waals surface area contributed by atoms with E-state index in [1.165, 1.54) is 0 Å². The van der Waals surface area contributed by atoms with Crippen LogP contribution in [0, 0.1) is 0 Å². The van der Waals surface area contributed by atoms with Crippen molar-refractivity contribution in [3.05, 3.63) is 28.7 Å². The number of hydrogen-bond acceptors (Lipinski definition) is 4. The summed E-state index contributed by atoms with van der Waals surface area (Å²) in [5, 5.41) is 0. The number of rotatable bonds is 3. The van der Waals surface area contributed by atoms with Crippen molar-refractivity contribution >= 4 is 16.8 Å². The minimum Gasteiger partial charge on any atom is -0.408 e. The molecule has 2 aromatic rings. The van der Waals surface area contributed by atoms with E-state index in [9.17, 15) is 4.79 Å². The molecule has 0 aliphatic heterocycles. The van der Waals surface area contributed by atoms with Gasteiger partial charge in [0, 0.05) is 30.9 Å². The third-order valence-corrected chi connectivity index (χ3v) is 3.20. The molecule has 3 N–H and O–H groups in total. The van der Waals surface area contributed by atoms with Crippen molar-refractivity contribution in [1.82, 2.24) is 4.98 Å². The lowest BCUT2D eigenvalue weighted by molar-refractivity contribution is 0.498. The number of H-pyrrole nitrogens is 1. The fourth-order valence-electron chi connectivity index (χ4n) is 1.63.